The van der Waals surface area contributed by atoms with E-state index in [2.05, 4.69) is 11.4 Å². The molecule has 1 aromatic carbocycles. The fourth-order valence-electron chi connectivity index (χ4n) is 3.23. The van der Waals surface area contributed by atoms with Crippen molar-refractivity contribution in [3.63, 3.8) is 0 Å². The highest BCUT2D eigenvalue weighted by Gasteiger charge is 2.29. The van der Waals surface area contributed by atoms with Gasteiger partial charge in [-0.15, -0.1) is 0 Å². The lowest BCUT2D eigenvalue weighted by Crippen LogP contribution is -2.27. The first kappa shape index (κ1) is 12.2. The molecule has 0 aliphatic heterocycles. The molecule has 18 heavy (non-hydrogen) atoms. The van der Waals surface area contributed by atoms with E-state index in [1.807, 2.05) is 6.07 Å². The van der Waals surface area contributed by atoms with Gasteiger partial charge in [0.25, 0.3) is 0 Å². The number of rotatable bonds is 5. The Morgan fingerprint density at radius 2 is 1.94 bits per heavy atom. The van der Waals surface area contributed by atoms with Gasteiger partial charge in [0.15, 0.2) is 0 Å². The third-order valence-corrected chi connectivity index (χ3v) is 4.45. The highest BCUT2D eigenvalue weighted by Crippen LogP contribution is 2.37. The van der Waals surface area contributed by atoms with E-state index in [9.17, 15) is 4.39 Å². The van der Waals surface area contributed by atoms with Crippen LogP contribution in [0.5, 0.6) is 0 Å². The molecule has 1 N–H and O–H groups in total. The summed E-state index contributed by atoms with van der Waals surface area (Å²) < 4.78 is 13.4. The maximum Gasteiger partial charge on any atom is 0.123 e. The Balaban J connectivity index is 1.73. The van der Waals surface area contributed by atoms with Gasteiger partial charge in [0.1, 0.15) is 5.82 Å². The quantitative estimate of drug-likeness (QED) is 0.833. The van der Waals surface area contributed by atoms with Gasteiger partial charge in [-0.2, -0.15) is 0 Å². The molecule has 2 heteroatoms. The highest BCUT2D eigenvalue weighted by atomic mass is 19.1. The van der Waals surface area contributed by atoms with E-state index in [0.29, 0.717) is 5.92 Å². The van der Waals surface area contributed by atoms with Crippen LogP contribution in [0, 0.1) is 11.7 Å². The first-order valence-electron chi connectivity index (χ1n) is 7.32. The Bertz CT molecular complexity index is 394. The molecule has 0 aromatic heterocycles. The van der Waals surface area contributed by atoms with Gasteiger partial charge in [-0.25, -0.2) is 4.39 Å². The molecular formula is C16H22FN. The van der Waals surface area contributed by atoms with Crippen molar-refractivity contribution >= 4 is 0 Å². The van der Waals surface area contributed by atoms with E-state index >= 15 is 0 Å². The lowest BCUT2D eigenvalue weighted by Gasteiger charge is -2.24. The summed E-state index contributed by atoms with van der Waals surface area (Å²) in [6.07, 6.45) is 7.96. The number of hydrogen-bond acceptors (Lipinski definition) is 1. The van der Waals surface area contributed by atoms with Crippen LogP contribution in [0.2, 0.25) is 0 Å². The van der Waals surface area contributed by atoms with Crippen LogP contribution in [0.1, 0.15) is 50.0 Å². The minimum Gasteiger partial charge on any atom is -0.313 e. The molecule has 0 heterocycles. The minimum atomic E-state index is -0.0954. The lowest BCUT2D eigenvalue weighted by molar-refractivity contribution is 0.408. The van der Waals surface area contributed by atoms with Crippen molar-refractivity contribution in [2.75, 3.05) is 6.54 Å². The maximum absolute atomic E-state index is 13.4. The van der Waals surface area contributed by atoms with Crippen LogP contribution in [0.4, 0.5) is 4.39 Å². The molecule has 0 spiro atoms. The number of nitrogens with one attached hydrogen (secondary N) is 1. The highest BCUT2D eigenvalue weighted by molar-refractivity contribution is 5.22. The van der Waals surface area contributed by atoms with E-state index in [0.717, 1.165) is 18.5 Å². The standard InChI is InChI=1S/C16H22FN/c17-14-7-3-6-13(10-14)16(11-18-15-8-9-15)12-4-1-2-5-12/h3,6-7,10,12,15-16,18H,1-2,4-5,8-9,11H2. The molecule has 3 rings (SSSR count). The SMILES string of the molecule is Fc1cccc(C(CNC2CC2)C2CCCC2)c1. The fourth-order valence-corrected chi connectivity index (χ4v) is 3.23. The van der Waals surface area contributed by atoms with Gasteiger partial charge in [0.05, 0.1) is 0 Å². The van der Waals surface area contributed by atoms with Crippen molar-refractivity contribution < 1.29 is 4.39 Å². The van der Waals surface area contributed by atoms with Crippen molar-refractivity contribution in [1.29, 1.82) is 0 Å². The largest absolute Gasteiger partial charge is 0.313 e. The van der Waals surface area contributed by atoms with Crippen LogP contribution in [-0.4, -0.2) is 12.6 Å². The van der Waals surface area contributed by atoms with Gasteiger partial charge in [-0.3, -0.25) is 0 Å². The monoisotopic (exact) mass is 247 g/mol. The third kappa shape index (κ3) is 2.92. The molecule has 2 aliphatic carbocycles. The Morgan fingerprint density at radius 1 is 1.17 bits per heavy atom. The Morgan fingerprint density at radius 3 is 2.61 bits per heavy atom. The van der Waals surface area contributed by atoms with E-state index in [1.165, 1.54) is 44.1 Å². The van der Waals surface area contributed by atoms with Crippen molar-refractivity contribution in [2.45, 2.75) is 50.5 Å². The molecule has 2 aliphatic rings. The summed E-state index contributed by atoms with van der Waals surface area (Å²) in [5, 5.41) is 3.63. The van der Waals surface area contributed by atoms with Gasteiger partial charge in [-0.1, -0.05) is 25.0 Å². The summed E-state index contributed by atoms with van der Waals surface area (Å²) in [6, 6.07) is 7.97. The smallest absolute Gasteiger partial charge is 0.123 e. The summed E-state index contributed by atoms with van der Waals surface area (Å²) in [5.74, 6) is 1.16. The van der Waals surface area contributed by atoms with E-state index in [-0.39, 0.29) is 5.82 Å². The predicted octanol–water partition coefficient (Wildman–Crippen LogP) is 3.85. The molecule has 1 atom stereocenters. The Hall–Kier alpha value is -0.890. The normalized spacial score (nSPS) is 22.3. The second-order valence-corrected chi connectivity index (χ2v) is 5.89. The molecule has 98 valence electrons. The predicted molar refractivity (Wildman–Crippen MR) is 72.1 cm³/mol. The van der Waals surface area contributed by atoms with Crippen molar-refractivity contribution in [2.24, 2.45) is 5.92 Å². The fraction of sp³-hybridized carbons (Fsp3) is 0.625. The molecule has 2 fully saturated rings. The van der Waals surface area contributed by atoms with Gasteiger partial charge in [0, 0.05) is 12.6 Å². The number of benzene rings is 1. The molecule has 1 aromatic rings. The van der Waals surface area contributed by atoms with Crippen molar-refractivity contribution in [1.82, 2.24) is 5.32 Å². The average molecular weight is 247 g/mol. The zero-order valence-corrected chi connectivity index (χ0v) is 10.9. The summed E-state index contributed by atoms with van der Waals surface area (Å²) in [7, 11) is 0. The zero-order valence-electron chi connectivity index (χ0n) is 10.9. The van der Waals surface area contributed by atoms with Crippen LogP contribution < -0.4 is 5.32 Å². The second-order valence-electron chi connectivity index (χ2n) is 5.89. The van der Waals surface area contributed by atoms with Gasteiger partial charge in [0.2, 0.25) is 0 Å². The second kappa shape index (κ2) is 5.40. The summed E-state index contributed by atoms with van der Waals surface area (Å²) in [4.78, 5) is 0. The molecule has 0 amide bonds. The van der Waals surface area contributed by atoms with Gasteiger partial charge in [-0.05, 0) is 55.2 Å². The Labute approximate surface area is 109 Å². The molecule has 1 unspecified atom stereocenters. The third-order valence-electron chi connectivity index (χ3n) is 4.45. The van der Waals surface area contributed by atoms with Crippen LogP contribution in [0.3, 0.4) is 0 Å². The summed E-state index contributed by atoms with van der Waals surface area (Å²) >= 11 is 0. The number of hydrogen-bond donors (Lipinski definition) is 1. The van der Waals surface area contributed by atoms with E-state index in [1.54, 1.807) is 12.1 Å². The van der Waals surface area contributed by atoms with Crippen LogP contribution >= 0.6 is 0 Å². The summed E-state index contributed by atoms with van der Waals surface area (Å²) in [5.41, 5.74) is 1.19. The van der Waals surface area contributed by atoms with Crippen molar-refractivity contribution in [3.05, 3.63) is 35.6 Å². The minimum absolute atomic E-state index is 0.0954. The van der Waals surface area contributed by atoms with Gasteiger partial charge >= 0.3 is 0 Å². The van der Waals surface area contributed by atoms with E-state index < -0.39 is 0 Å². The van der Waals surface area contributed by atoms with E-state index in [4.69, 9.17) is 0 Å². The first-order chi connectivity index (χ1) is 8.83. The molecule has 0 bridgehead atoms. The zero-order chi connectivity index (χ0) is 12.4. The molecule has 2 saturated carbocycles. The maximum atomic E-state index is 13.4. The molecule has 0 radical (unpaired) electrons. The van der Waals surface area contributed by atoms with Crippen LogP contribution in [-0.2, 0) is 0 Å². The van der Waals surface area contributed by atoms with Crippen LogP contribution in [0.25, 0.3) is 0 Å². The average Bonchev–Trinajstić information content (AvgIpc) is 3.03. The van der Waals surface area contributed by atoms with Crippen LogP contribution in [0.15, 0.2) is 24.3 Å². The van der Waals surface area contributed by atoms with Gasteiger partial charge < -0.3 is 5.32 Å². The molecule has 0 saturated heterocycles. The molecular weight excluding hydrogens is 225 g/mol. The first-order valence-corrected chi connectivity index (χ1v) is 7.32. The number of halogens is 1. The Kier molecular flexibility index (Phi) is 3.64. The topological polar surface area (TPSA) is 12.0 Å². The van der Waals surface area contributed by atoms with Crippen molar-refractivity contribution in [3.8, 4) is 0 Å². The molecule has 1 nitrogen and oxygen atoms in total. The lowest BCUT2D eigenvalue weighted by atomic mass is 9.84. The summed E-state index contributed by atoms with van der Waals surface area (Å²) in [6.45, 7) is 1.03.